The number of hydrogen-bond acceptors (Lipinski definition) is 8. The molecule has 198 valence electrons. The van der Waals surface area contributed by atoms with Gasteiger partial charge in [0, 0.05) is 28.6 Å². The zero-order chi connectivity index (χ0) is 28.0. The smallest absolute Gasteiger partial charge is 0.269 e. The first-order valence-electron chi connectivity index (χ1n) is 12.0. The first kappa shape index (κ1) is 25.4. The van der Waals surface area contributed by atoms with Gasteiger partial charge < -0.3 is 5.73 Å². The number of nitrogen functional groups attached to an aromatic ring is 1. The Labute approximate surface area is 233 Å². The molecule has 0 spiro atoms. The molecule has 0 atom stereocenters. The van der Waals surface area contributed by atoms with E-state index in [0.29, 0.717) is 39.3 Å². The molecule has 6 aromatic rings. The molecule has 0 amide bonds. The molecule has 0 aliphatic heterocycles. The van der Waals surface area contributed by atoms with Gasteiger partial charge in [0.2, 0.25) is 0 Å². The standard InChI is InChI=1S/C28H20ClN7O3S/c1-40(38,39)22-4-2-3-21(15-22)35-16-23-26(34-35)31-27(36(28(23)37)20-11-9-19(29)10-12-20)18-7-5-17(6-8-18)24-13-14-25(30)33-32-24/h2-16H,1H3,(H2,30,33). The zero-order valence-corrected chi connectivity index (χ0v) is 22.5. The number of fused-ring (bicyclic) bond motifs is 1. The predicted octanol–water partition coefficient (Wildman–Crippen LogP) is 4.33. The van der Waals surface area contributed by atoms with Crippen LogP contribution < -0.4 is 11.3 Å². The van der Waals surface area contributed by atoms with Gasteiger partial charge in [0.25, 0.3) is 5.56 Å². The molecule has 0 saturated carbocycles. The predicted molar refractivity (Wildman–Crippen MR) is 153 cm³/mol. The van der Waals surface area contributed by atoms with Gasteiger partial charge >= 0.3 is 0 Å². The molecular weight excluding hydrogens is 550 g/mol. The minimum absolute atomic E-state index is 0.141. The maximum Gasteiger partial charge on any atom is 0.269 e. The Bertz CT molecular complexity index is 2050. The lowest BCUT2D eigenvalue weighted by Gasteiger charge is -2.13. The normalized spacial score (nSPS) is 11.7. The van der Waals surface area contributed by atoms with Gasteiger partial charge in [-0.1, -0.05) is 41.9 Å². The van der Waals surface area contributed by atoms with E-state index in [0.717, 1.165) is 11.8 Å². The molecule has 0 bridgehead atoms. The van der Waals surface area contributed by atoms with Gasteiger partial charge in [-0.3, -0.25) is 9.36 Å². The number of benzene rings is 3. The molecule has 3 aromatic carbocycles. The summed E-state index contributed by atoms with van der Waals surface area (Å²) in [6, 6.07) is 24.0. The summed E-state index contributed by atoms with van der Waals surface area (Å²) in [4.78, 5) is 18.8. The fourth-order valence-electron chi connectivity index (χ4n) is 4.26. The number of nitrogens with zero attached hydrogens (tertiary/aromatic N) is 6. The third kappa shape index (κ3) is 4.72. The number of aromatic nitrogens is 6. The highest BCUT2D eigenvalue weighted by Crippen LogP contribution is 2.26. The lowest BCUT2D eigenvalue weighted by molar-refractivity contribution is 0.601. The Kier molecular flexibility index (Phi) is 6.16. The second-order valence-corrected chi connectivity index (χ2v) is 11.5. The SMILES string of the molecule is CS(=O)(=O)c1cccc(-n2cc3c(=O)n(-c4ccc(Cl)cc4)c(-c4ccc(-c5ccc(N)nn5)cc4)nc3n2)c1. The number of sulfone groups is 1. The van der Waals surface area contributed by atoms with Crippen LogP contribution in [0.25, 0.3) is 45.1 Å². The van der Waals surface area contributed by atoms with E-state index in [1.54, 1.807) is 54.7 Å². The number of hydrogen-bond donors (Lipinski definition) is 1. The van der Waals surface area contributed by atoms with Crippen LogP contribution in [0.5, 0.6) is 0 Å². The Balaban J connectivity index is 1.53. The number of anilines is 1. The molecule has 0 saturated heterocycles. The van der Waals surface area contributed by atoms with Crippen LogP contribution in [-0.2, 0) is 9.84 Å². The van der Waals surface area contributed by atoms with Crippen molar-refractivity contribution in [1.29, 1.82) is 0 Å². The van der Waals surface area contributed by atoms with E-state index in [2.05, 4.69) is 15.3 Å². The molecule has 0 aliphatic rings. The third-order valence-corrected chi connectivity index (χ3v) is 7.63. The fraction of sp³-hybridized carbons (Fsp3) is 0.0357. The van der Waals surface area contributed by atoms with E-state index < -0.39 is 9.84 Å². The molecule has 40 heavy (non-hydrogen) atoms. The van der Waals surface area contributed by atoms with Crippen molar-refractivity contribution in [2.45, 2.75) is 4.90 Å². The van der Waals surface area contributed by atoms with Crippen LogP contribution in [0.15, 0.2) is 101 Å². The number of halogens is 1. The van der Waals surface area contributed by atoms with Crippen molar-refractivity contribution in [1.82, 2.24) is 29.5 Å². The summed E-state index contributed by atoms with van der Waals surface area (Å²) in [6.45, 7) is 0. The topological polar surface area (TPSA) is 139 Å². The highest BCUT2D eigenvalue weighted by molar-refractivity contribution is 7.90. The highest BCUT2D eigenvalue weighted by atomic mass is 35.5. The van der Waals surface area contributed by atoms with Crippen molar-refractivity contribution in [3.05, 3.63) is 107 Å². The quantitative estimate of drug-likeness (QED) is 0.323. The molecule has 3 aromatic heterocycles. The average Bonchev–Trinajstić information content (AvgIpc) is 3.39. The van der Waals surface area contributed by atoms with Crippen LogP contribution in [-0.4, -0.2) is 44.2 Å². The Hall–Kier alpha value is -4.87. The summed E-state index contributed by atoms with van der Waals surface area (Å²) in [5.74, 6) is 0.692. The van der Waals surface area contributed by atoms with Gasteiger partial charge in [0.05, 0.1) is 22.0 Å². The summed E-state index contributed by atoms with van der Waals surface area (Å²) in [5.41, 5.74) is 8.69. The summed E-state index contributed by atoms with van der Waals surface area (Å²) >= 11 is 6.11. The average molecular weight is 570 g/mol. The lowest BCUT2D eigenvalue weighted by Crippen LogP contribution is -2.21. The summed E-state index contributed by atoms with van der Waals surface area (Å²) in [6.07, 6.45) is 2.68. The van der Waals surface area contributed by atoms with Crippen molar-refractivity contribution < 1.29 is 8.42 Å². The molecule has 0 aliphatic carbocycles. The summed E-state index contributed by atoms with van der Waals surface area (Å²) in [5, 5.41) is 13.3. The monoisotopic (exact) mass is 569 g/mol. The third-order valence-electron chi connectivity index (χ3n) is 6.27. The van der Waals surface area contributed by atoms with Crippen molar-refractivity contribution in [2.75, 3.05) is 12.0 Å². The minimum atomic E-state index is -3.43. The molecule has 0 radical (unpaired) electrons. The largest absolute Gasteiger partial charge is 0.382 e. The maximum atomic E-state index is 13.9. The molecule has 12 heteroatoms. The summed E-state index contributed by atoms with van der Waals surface area (Å²) in [7, 11) is -3.43. The number of rotatable bonds is 5. The second-order valence-electron chi connectivity index (χ2n) is 9.05. The Morgan fingerprint density at radius 2 is 1.57 bits per heavy atom. The Morgan fingerprint density at radius 3 is 2.25 bits per heavy atom. The lowest BCUT2D eigenvalue weighted by atomic mass is 10.1. The van der Waals surface area contributed by atoms with Gasteiger partial charge in [-0.25, -0.2) is 18.1 Å². The van der Waals surface area contributed by atoms with Crippen molar-refractivity contribution in [3.63, 3.8) is 0 Å². The number of nitrogens with two attached hydrogens (primary N) is 1. The molecule has 10 nitrogen and oxygen atoms in total. The van der Waals surface area contributed by atoms with Gasteiger partial charge in [0.15, 0.2) is 15.5 Å². The van der Waals surface area contributed by atoms with E-state index in [1.165, 1.54) is 21.4 Å². The maximum absolute atomic E-state index is 13.9. The van der Waals surface area contributed by atoms with Crippen molar-refractivity contribution >= 4 is 38.3 Å². The van der Waals surface area contributed by atoms with Gasteiger partial charge in [0.1, 0.15) is 17.0 Å². The molecule has 0 unspecified atom stereocenters. The zero-order valence-electron chi connectivity index (χ0n) is 20.9. The van der Waals surface area contributed by atoms with Crippen LogP contribution in [0.3, 0.4) is 0 Å². The van der Waals surface area contributed by atoms with E-state index in [4.69, 9.17) is 22.3 Å². The van der Waals surface area contributed by atoms with Gasteiger partial charge in [-0.2, -0.15) is 0 Å². The van der Waals surface area contributed by atoms with Gasteiger partial charge in [-0.15, -0.1) is 15.3 Å². The minimum Gasteiger partial charge on any atom is -0.382 e. The molecular formula is C28H20ClN7O3S. The van der Waals surface area contributed by atoms with Crippen LogP contribution in [0.2, 0.25) is 5.02 Å². The summed E-state index contributed by atoms with van der Waals surface area (Å²) < 4.78 is 27.1. The van der Waals surface area contributed by atoms with Crippen molar-refractivity contribution in [2.24, 2.45) is 0 Å². The van der Waals surface area contributed by atoms with E-state index in [9.17, 15) is 13.2 Å². The molecule has 0 fully saturated rings. The van der Waals surface area contributed by atoms with Crippen LogP contribution in [0.1, 0.15) is 0 Å². The Morgan fingerprint density at radius 1 is 0.850 bits per heavy atom. The fourth-order valence-corrected chi connectivity index (χ4v) is 5.05. The molecule has 3 heterocycles. The second kappa shape index (κ2) is 9.70. The van der Waals surface area contributed by atoms with Crippen LogP contribution in [0, 0.1) is 0 Å². The first-order valence-corrected chi connectivity index (χ1v) is 14.2. The van der Waals surface area contributed by atoms with E-state index in [1.807, 2.05) is 24.3 Å². The van der Waals surface area contributed by atoms with Crippen LogP contribution in [0.4, 0.5) is 5.82 Å². The molecule has 2 N–H and O–H groups in total. The van der Waals surface area contributed by atoms with Crippen molar-refractivity contribution in [3.8, 4) is 34.0 Å². The highest BCUT2D eigenvalue weighted by Gasteiger charge is 2.18. The first-order chi connectivity index (χ1) is 19.2. The molecule has 6 rings (SSSR count). The van der Waals surface area contributed by atoms with E-state index in [-0.39, 0.29) is 21.5 Å². The van der Waals surface area contributed by atoms with Gasteiger partial charge in [-0.05, 0) is 54.6 Å². The van der Waals surface area contributed by atoms with Crippen LogP contribution >= 0.6 is 11.6 Å². The van der Waals surface area contributed by atoms with E-state index >= 15 is 0 Å².